The molecule has 124 valence electrons. The minimum absolute atomic E-state index is 0.0906. The van der Waals surface area contributed by atoms with Crippen LogP contribution in [0.25, 0.3) is 0 Å². The molecule has 0 saturated carbocycles. The standard InChI is InChI=1S/C16H20N2O3S2/c1-12(2)18-23(20,21)15-6-4-14(5-7-15)17-16(19)8-3-13-9-10-22-11-13/h4-7,9-12,18H,3,8H2,1-2H3,(H,17,19). The fourth-order valence-electron chi connectivity index (χ4n) is 2.01. The summed E-state index contributed by atoms with van der Waals surface area (Å²) in [5.74, 6) is -0.0906. The van der Waals surface area contributed by atoms with E-state index in [1.165, 1.54) is 12.1 Å². The number of hydrogen-bond donors (Lipinski definition) is 2. The third-order valence-electron chi connectivity index (χ3n) is 3.06. The van der Waals surface area contributed by atoms with Crippen molar-refractivity contribution in [2.24, 2.45) is 0 Å². The average molecular weight is 352 g/mol. The van der Waals surface area contributed by atoms with Crippen molar-refractivity contribution in [1.29, 1.82) is 0 Å². The van der Waals surface area contributed by atoms with Crippen molar-refractivity contribution in [3.8, 4) is 0 Å². The second kappa shape index (κ2) is 7.72. The summed E-state index contributed by atoms with van der Waals surface area (Å²) in [5, 5.41) is 6.78. The summed E-state index contributed by atoms with van der Waals surface area (Å²) in [6, 6.07) is 7.99. The normalized spacial score (nSPS) is 11.6. The molecule has 0 aliphatic rings. The maximum absolute atomic E-state index is 12.0. The zero-order valence-corrected chi connectivity index (χ0v) is 14.7. The molecule has 0 aliphatic heterocycles. The van der Waals surface area contributed by atoms with Crippen LogP contribution < -0.4 is 10.0 Å². The molecule has 0 bridgehead atoms. The maximum atomic E-state index is 12.0. The van der Waals surface area contributed by atoms with E-state index in [9.17, 15) is 13.2 Å². The summed E-state index contributed by atoms with van der Waals surface area (Å²) in [6.07, 6.45) is 1.09. The van der Waals surface area contributed by atoms with Crippen LogP contribution in [0.5, 0.6) is 0 Å². The van der Waals surface area contributed by atoms with E-state index in [-0.39, 0.29) is 16.8 Å². The molecule has 1 aromatic heterocycles. The van der Waals surface area contributed by atoms with E-state index in [1.807, 2.05) is 16.8 Å². The minimum Gasteiger partial charge on any atom is -0.326 e. The van der Waals surface area contributed by atoms with Crippen molar-refractivity contribution < 1.29 is 13.2 Å². The molecule has 0 saturated heterocycles. The third kappa shape index (κ3) is 5.46. The smallest absolute Gasteiger partial charge is 0.240 e. The number of amides is 1. The summed E-state index contributed by atoms with van der Waals surface area (Å²) >= 11 is 1.61. The fraction of sp³-hybridized carbons (Fsp3) is 0.312. The molecule has 7 heteroatoms. The predicted octanol–water partition coefficient (Wildman–Crippen LogP) is 3.01. The molecule has 0 radical (unpaired) electrons. The summed E-state index contributed by atoms with van der Waals surface area (Å²) in [7, 11) is -3.51. The van der Waals surface area contributed by atoms with Crippen molar-refractivity contribution in [2.75, 3.05) is 5.32 Å². The third-order valence-corrected chi connectivity index (χ3v) is 5.47. The molecule has 23 heavy (non-hydrogen) atoms. The second-order valence-electron chi connectivity index (χ2n) is 5.48. The molecule has 0 atom stereocenters. The Labute approximate surface area is 140 Å². The van der Waals surface area contributed by atoms with Gasteiger partial charge in [-0.3, -0.25) is 4.79 Å². The Bertz CT molecular complexity index is 736. The highest BCUT2D eigenvalue weighted by atomic mass is 32.2. The van der Waals surface area contributed by atoms with Crippen LogP contribution in [-0.4, -0.2) is 20.4 Å². The zero-order chi connectivity index (χ0) is 16.9. The lowest BCUT2D eigenvalue weighted by atomic mass is 10.2. The molecule has 2 N–H and O–H groups in total. The predicted molar refractivity (Wildman–Crippen MR) is 93.2 cm³/mol. The van der Waals surface area contributed by atoms with Crippen molar-refractivity contribution in [3.05, 3.63) is 46.7 Å². The lowest BCUT2D eigenvalue weighted by molar-refractivity contribution is -0.116. The molecular weight excluding hydrogens is 332 g/mol. The first-order valence-corrected chi connectivity index (χ1v) is 9.73. The van der Waals surface area contributed by atoms with Gasteiger partial charge in [-0.05, 0) is 66.9 Å². The number of thiophene rings is 1. The molecule has 1 aromatic carbocycles. The molecule has 0 unspecified atom stereocenters. The lowest BCUT2D eigenvalue weighted by Gasteiger charge is -2.10. The van der Waals surface area contributed by atoms with Crippen molar-refractivity contribution in [2.45, 2.75) is 37.6 Å². The van der Waals surface area contributed by atoms with E-state index in [1.54, 1.807) is 37.3 Å². The first-order valence-electron chi connectivity index (χ1n) is 7.30. The van der Waals surface area contributed by atoms with E-state index < -0.39 is 10.0 Å². The summed E-state index contributed by atoms with van der Waals surface area (Å²) in [5.41, 5.74) is 1.73. The van der Waals surface area contributed by atoms with Gasteiger partial charge in [0.15, 0.2) is 0 Å². The molecule has 0 fully saturated rings. The van der Waals surface area contributed by atoms with E-state index in [4.69, 9.17) is 0 Å². The van der Waals surface area contributed by atoms with Crippen molar-refractivity contribution in [1.82, 2.24) is 4.72 Å². The first-order chi connectivity index (χ1) is 10.9. The summed E-state index contributed by atoms with van der Waals surface area (Å²) < 4.78 is 26.5. The van der Waals surface area contributed by atoms with Crippen LogP contribution in [0.15, 0.2) is 46.0 Å². The van der Waals surface area contributed by atoms with Gasteiger partial charge in [-0.15, -0.1) is 0 Å². The Morgan fingerprint density at radius 1 is 1.17 bits per heavy atom. The number of aryl methyl sites for hydroxylation is 1. The molecule has 0 aliphatic carbocycles. The van der Waals surface area contributed by atoms with Crippen LogP contribution in [0.3, 0.4) is 0 Å². The average Bonchev–Trinajstić information content (AvgIpc) is 2.97. The molecule has 1 amide bonds. The monoisotopic (exact) mass is 352 g/mol. The highest BCUT2D eigenvalue weighted by Gasteiger charge is 2.15. The van der Waals surface area contributed by atoms with E-state index in [2.05, 4.69) is 10.0 Å². The molecule has 5 nitrogen and oxygen atoms in total. The Morgan fingerprint density at radius 3 is 2.43 bits per heavy atom. The lowest BCUT2D eigenvalue weighted by Crippen LogP contribution is -2.30. The van der Waals surface area contributed by atoms with Crippen LogP contribution in [0, 0.1) is 0 Å². The highest BCUT2D eigenvalue weighted by molar-refractivity contribution is 7.89. The van der Waals surface area contributed by atoms with Gasteiger partial charge < -0.3 is 5.32 Å². The Morgan fingerprint density at radius 2 is 1.87 bits per heavy atom. The van der Waals surface area contributed by atoms with Gasteiger partial charge in [-0.25, -0.2) is 13.1 Å². The molecule has 2 rings (SSSR count). The van der Waals surface area contributed by atoms with E-state index in [0.717, 1.165) is 5.56 Å². The number of hydrogen-bond acceptors (Lipinski definition) is 4. The zero-order valence-electron chi connectivity index (χ0n) is 13.1. The van der Waals surface area contributed by atoms with Gasteiger partial charge in [0.05, 0.1) is 4.90 Å². The van der Waals surface area contributed by atoms with Crippen molar-refractivity contribution in [3.63, 3.8) is 0 Å². The number of carbonyl (C=O) groups excluding carboxylic acids is 1. The van der Waals surface area contributed by atoms with Crippen LogP contribution >= 0.6 is 11.3 Å². The van der Waals surface area contributed by atoms with Gasteiger partial charge in [0, 0.05) is 18.2 Å². The van der Waals surface area contributed by atoms with Gasteiger partial charge in [0.25, 0.3) is 0 Å². The number of rotatable bonds is 7. The number of carbonyl (C=O) groups is 1. The van der Waals surface area contributed by atoms with Crippen LogP contribution in [0.4, 0.5) is 5.69 Å². The largest absolute Gasteiger partial charge is 0.326 e. The Kier molecular flexibility index (Phi) is 5.92. The van der Waals surface area contributed by atoms with Crippen LogP contribution in [-0.2, 0) is 21.2 Å². The van der Waals surface area contributed by atoms with Gasteiger partial charge in [0.1, 0.15) is 0 Å². The van der Waals surface area contributed by atoms with Gasteiger partial charge in [0.2, 0.25) is 15.9 Å². The number of benzene rings is 1. The quantitative estimate of drug-likeness (QED) is 0.804. The van der Waals surface area contributed by atoms with Crippen LogP contribution in [0.2, 0.25) is 0 Å². The van der Waals surface area contributed by atoms with Gasteiger partial charge in [-0.2, -0.15) is 11.3 Å². The minimum atomic E-state index is -3.51. The fourth-order valence-corrected chi connectivity index (χ4v) is 3.97. The van der Waals surface area contributed by atoms with E-state index >= 15 is 0 Å². The second-order valence-corrected chi connectivity index (χ2v) is 7.97. The van der Waals surface area contributed by atoms with Gasteiger partial charge >= 0.3 is 0 Å². The molecule has 0 spiro atoms. The SMILES string of the molecule is CC(C)NS(=O)(=O)c1ccc(NC(=O)CCc2ccsc2)cc1. The van der Waals surface area contributed by atoms with Crippen LogP contribution in [0.1, 0.15) is 25.8 Å². The summed E-state index contributed by atoms with van der Waals surface area (Å²) in [4.78, 5) is 12.1. The maximum Gasteiger partial charge on any atom is 0.240 e. The van der Waals surface area contributed by atoms with Crippen molar-refractivity contribution >= 4 is 33.0 Å². The number of anilines is 1. The molecule has 1 heterocycles. The topological polar surface area (TPSA) is 75.3 Å². The van der Waals surface area contributed by atoms with Gasteiger partial charge in [-0.1, -0.05) is 0 Å². The molecular formula is C16H20N2O3S2. The Balaban J connectivity index is 1.93. The number of nitrogens with one attached hydrogen (secondary N) is 2. The molecule has 2 aromatic rings. The first kappa shape index (κ1) is 17.7. The van der Waals surface area contributed by atoms with E-state index in [0.29, 0.717) is 18.5 Å². The number of sulfonamides is 1. The Hall–Kier alpha value is -1.70. The summed E-state index contributed by atoms with van der Waals surface area (Å²) in [6.45, 7) is 3.53. The highest BCUT2D eigenvalue weighted by Crippen LogP contribution is 2.15.